The largest absolute Gasteiger partial charge is 0.389 e. The summed E-state index contributed by atoms with van der Waals surface area (Å²) in [5.74, 6) is 0. The van der Waals surface area contributed by atoms with Gasteiger partial charge in [0.25, 0.3) is 0 Å². The molecule has 1 aromatic carbocycles. The summed E-state index contributed by atoms with van der Waals surface area (Å²) in [6, 6.07) is 6.13. The average Bonchev–Trinajstić information content (AvgIpc) is 2.20. The van der Waals surface area contributed by atoms with Crippen LogP contribution in [0.15, 0.2) is 18.2 Å². The maximum absolute atomic E-state index is 5.74. The van der Waals surface area contributed by atoms with Gasteiger partial charge in [0.15, 0.2) is 0 Å². The van der Waals surface area contributed by atoms with Crippen molar-refractivity contribution in [1.29, 1.82) is 0 Å². The third-order valence-corrected chi connectivity index (χ3v) is 3.02. The van der Waals surface area contributed by atoms with E-state index in [1.54, 1.807) is 0 Å². The van der Waals surface area contributed by atoms with Crippen LogP contribution < -0.4 is 11.1 Å². The summed E-state index contributed by atoms with van der Waals surface area (Å²) in [6.45, 7) is 8.52. The quantitative estimate of drug-likeness (QED) is 0.788. The van der Waals surface area contributed by atoms with E-state index in [9.17, 15) is 0 Å². The molecule has 0 radical (unpaired) electrons. The highest BCUT2D eigenvalue weighted by atomic mass is 32.1. The van der Waals surface area contributed by atoms with E-state index in [-0.39, 0.29) is 5.54 Å². The lowest BCUT2D eigenvalue weighted by Crippen LogP contribution is -2.31. The molecule has 0 aliphatic rings. The van der Waals surface area contributed by atoms with Crippen molar-refractivity contribution < 1.29 is 0 Å². The third kappa shape index (κ3) is 3.20. The van der Waals surface area contributed by atoms with Gasteiger partial charge in [-0.15, -0.1) is 0 Å². The molecular formula is C13H20N2S. The van der Waals surface area contributed by atoms with Crippen LogP contribution in [0.2, 0.25) is 0 Å². The van der Waals surface area contributed by atoms with Crippen molar-refractivity contribution in [2.45, 2.75) is 39.7 Å². The van der Waals surface area contributed by atoms with Crippen LogP contribution in [0, 0.1) is 6.92 Å². The molecule has 0 aliphatic carbocycles. The molecule has 1 rings (SSSR count). The van der Waals surface area contributed by atoms with Gasteiger partial charge in [0, 0.05) is 16.8 Å². The number of hydrogen-bond acceptors (Lipinski definition) is 2. The number of aryl methyl sites for hydroxylation is 1. The van der Waals surface area contributed by atoms with Crippen LogP contribution in [0.3, 0.4) is 0 Å². The van der Waals surface area contributed by atoms with Gasteiger partial charge in [-0.05, 0) is 39.3 Å². The number of anilines is 1. The predicted octanol–water partition coefficient (Wildman–Crippen LogP) is 3.23. The topological polar surface area (TPSA) is 38.0 Å². The van der Waals surface area contributed by atoms with Crippen molar-refractivity contribution in [3.05, 3.63) is 29.3 Å². The first-order chi connectivity index (χ1) is 7.35. The van der Waals surface area contributed by atoms with Crippen molar-refractivity contribution >= 4 is 22.9 Å². The predicted molar refractivity (Wildman–Crippen MR) is 75.1 cm³/mol. The summed E-state index contributed by atoms with van der Waals surface area (Å²) < 4.78 is 0. The Labute approximate surface area is 103 Å². The maximum Gasteiger partial charge on any atom is 0.106 e. The van der Waals surface area contributed by atoms with Crippen molar-refractivity contribution in [2.24, 2.45) is 5.73 Å². The van der Waals surface area contributed by atoms with E-state index in [4.69, 9.17) is 18.0 Å². The Balaban J connectivity index is 3.09. The molecule has 0 bridgehead atoms. The van der Waals surface area contributed by atoms with Gasteiger partial charge < -0.3 is 11.1 Å². The zero-order valence-corrected chi connectivity index (χ0v) is 11.2. The second-order valence-corrected chi connectivity index (χ2v) is 5.22. The van der Waals surface area contributed by atoms with Gasteiger partial charge in [0.1, 0.15) is 4.99 Å². The second-order valence-electron chi connectivity index (χ2n) is 4.78. The fourth-order valence-electron chi connectivity index (χ4n) is 1.42. The molecule has 0 fully saturated rings. The molecule has 3 heteroatoms. The van der Waals surface area contributed by atoms with Gasteiger partial charge in [-0.3, -0.25) is 0 Å². The van der Waals surface area contributed by atoms with Crippen molar-refractivity contribution in [2.75, 3.05) is 5.32 Å². The summed E-state index contributed by atoms with van der Waals surface area (Å²) >= 11 is 5.07. The minimum atomic E-state index is 0.0504. The van der Waals surface area contributed by atoms with E-state index in [2.05, 4.69) is 32.2 Å². The van der Waals surface area contributed by atoms with E-state index in [1.165, 1.54) is 5.56 Å². The first-order valence-corrected chi connectivity index (χ1v) is 5.95. The lowest BCUT2D eigenvalue weighted by Gasteiger charge is -2.27. The average molecular weight is 236 g/mol. The summed E-state index contributed by atoms with van der Waals surface area (Å²) in [5.41, 5.74) is 8.90. The van der Waals surface area contributed by atoms with E-state index >= 15 is 0 Å². The Morgan fingerprint density at radius 2 is 2.06 bits per heavy atom. The molecule has 0 amide bonds. The molecule has 0 atom stereocenters. The van der Waals surface area contributed by atoms with Gasteiger partial charge in [0.05, 0.1) is 0 Å². The molecule has 3 N–H and O–H groups in total. The molecule has 0 aliphatic heterocycles. The van der Waals surface area contributed by atoms with Crippen LogP contribution in [-0.4, -0.2) is 10.5 Å². The van der Waals surface area contributed by atoms with Crippen LogP contribution in [0.4, 0.5) is 5.69 Å². The Morgan fingerprint density at radius 1 is 1.44 bits per heavy atom. The lowest BCUT2D eigenvalue weighted by molar-refractivity contribution is 0.547. The second kappa shape index (κ2) is 4.83. The lowest BCUT2D eigenvalue weighted by atomic mass is 10.00. The van der Waals surface area contributed by atoms with Crippen LogP contribution in [0.5, 0.6) is 0 Å². The molecular weight excluding hydrogens is 216 g/mol. The number of hydrogen-bond donors (Lipinski definition) is 2. The van der Waals surface area contributed by atoms with E-state index in [0.717, 1.165) is 17.7 Å². The van der Waals surface area contributed by atoms with Gasteiger partial charge in [0.2, 0.25) is 0 Å². The third-order valence-electron chi connectivity index (χ3n) is 2.80. The van der Waals surface area contributed by atoms with Gasteiger partial charge >= 0.3 is 0 Å². The highest BCUT2D eigenvalue weighted by Gasteiger charge is 2.16. The van der Waals surface area contributed by atoms with Crippen LogP contribution in [0.1, 0.15) is 38.3 Å². The first kappa shape index (κ1) is 13.0. The minimum absolute atomic E-state index is 0.0504. The van der Waals surface area contributed by atoms with Gasteiger partial charge in [-0.25, -0.2) is 0 Å². The maximum atomic E-state index is 5.74. The highest BCUT2D eigenvalue weighted by Crippen LogP contribution is 2.23. The van der Waals surface area contributed by atoms with Crippen molar-refractivity contribution in [3.8, 4) is 0 Å². The summed E-state index contributed by atoms with van der Waals surface area (Å²) in [7, 11) is 0. The number of nitrogens with one attached hydrogen (secondary N) is 1. The SMILES string of the molecule is CCC(C)(C)Nc1ccc(C)cc1C(N)=S. The molecule has 0 spiro atoms. The Morgan fingerprint density at radius 3 is 2.56 bits per heavy atom. The van der Waals surface area contributed by atoms with Crippen molar-refractivity contribution in [1.82, 2.24) is 0 Å². The van der Waals surface area contributed by atoms with Crippen molar-refractivity contribution in [3.63, 3.8) is 0 Å². The molecule has 0 saturated carbocycles. The number of thiocarbonyl (C=S) groups is 1. The van der Waals surface area contributed by atoms with Gasteiger partial charge in [-0.1, -0.05) is 30.8 Å². The first-order valence-electron chi connectivity index (χ1n) is 5.54. The molecule has 1 aromatic rings. The molecule has 2 nitrogen and oxygen atoms in total. The summed E-state index contributed by atoms with van der Waals surface area (Å²) in [6.07, 6.45) is 1.04. The standard InChI is InChI=1S/C13H20N2S/c1-5-13(3,4)15-11-7-6-9(2)8-10(11)12(14)16/h6-8,15H,5H2,1-4H3,(H2,14,16). The zero-order chi connectivity index (χ0) is 12.3. The normalized spacial score (nSPS) is 11.2. The van der Waals surface area contributed by atoms with Crippen LogP contribution >= 0.6 is 12.2 Å². The Bertz CT molecular complexity index is 397. The fraction of sp³-hybridized carbons (Fsp3) is 0.462. The van der Waals surface area contributed by atoms with Crippen LogP contribution in [0.25, 0.3) is 0 Å². The van der Waals surface area contributed by atoms with E-state index < -0.39 is 0 Å². The molecule has 0 unspecified atom stereocenters. The van der Waals surface area contributed by atoms with E-state index in [1.807, 2.05) is 19.1 Å². The van der Waals surface area contributed by atoms with E-state index in [0.29, 0.717) is 4.99 Å². The number of benzene rings is 1. The zero-order valence-electron chi connectivity index (χ0n) is 10.4. The summed E-state index contributed by atoms with van der Waals surface area (Å²) in [5, 5.41) is 3.48. The Hall–Kier alpha value is -1.09. The summed E-state index contributed by atoms with van der Waals surface area (Å²) in [4.78, 5) is 0.443. The monoisotopic (exact) mass is 236 g/mol. The number of rotatable bonds is 4. The molecule has 0 saturated heterocycles. The fourth-order valence-corrected chi connectivity index (χ4v) is 1.59. The van der Waals surface area contributed by atoms with Gasteiger partial charge in [-0.2, -0.15) is 0 Å². The van der Waals surface area contributed by atoms with Crippen LogP contribution in [-0.2, 0) is 0 Å². The minimum Gasteiger partial charge on any atom is -0.389 e. The number of nitrogens with two attached hydrogens (primary N) is 1. The highest BCUT2D eigenvalue weighted by molar-refractivity contribution is 7.80. The Kier molecular flexibility index (Phi) is 3.92. The molecule has 0 heterocycles. The molecule has 16 heavy (non-hydrogen) atoms. The molecule has 0 aromatic heterocycles. The smallest absolute Gasteiger partial charge is 0.106 e. The molecule has 88 valence electrons.